The van der Waals surface area contributed by atoms with E-state index < -0.39 is 0 Å². The van der Waals surface area contributed by atoms with Gasteiger partial charge < -0.3 is 14.5 Å². The first kappa shape index (κ1) is 18.8. The van der Waals surface area contributed by atoms with Crippen LogP contribution in [0, 0.1) is 0 Å². The molecule has 1 aliphatic carbocycles. The Morgan fingerprint density at radius 3 is 2.75 bits per heavy atom. The van der Waals surface area contributed by atoms with E-state index in [9.17, 15) is 4.79 Å². The standard InChI is InChI=1S/C18H25ClN2O3/c1-2-8-21(16-6-3-4-7-16)18(22)14-11-15(19)13-17(12-14)23-9-5-10-24-20/h2,11-13,16H,1,3-10,20H2. The molecular weight excluding hydrogens is 328 g/mol. The van der Waals surface area contributed by atoms with Crippen LogP contribution in [0.4, 0.5) is 0 Å². The maximum absolute atomic E-state index is 12.9. The Kier molecular flexibility index (Phi) is 7.56. The molecular formula is C18H25ClN2O3. The molecule has 0 bridgehead atoms. The number of nitrogens with zero attached hydrogens (tertiary/aromatic N) is 1. The molecule has 1 aromatic rings. The molecule has 1 aliphatic rings. The number of hydrogen-bond donors (Lipinski definition) is 1. The third-order valence-electron chi connectivity index (χ3n) is 4.15. The monoisotopic (exact) mass is 352 g/mol. The fraction of sp³-hybridized carbons (Fsp3) is 0.500. The Balaban J connectivity index is 2.11. The van der Waals surface area contributed by atoms with Gasteiger partial charge in [-0.1, -0.05) is 30.5 Å². The van der Waals surface area contributed by atoms with E-state index in [1.54, 1.807) is 24.3 Å². The second-order valence-electron chi connectivity index (χ2n) is 5.93. The molecule has 5 nitrogen and oxygen atoms in total. The predicted molar refractivity (Wildman–Crippen MR) is 95.2 cm³/mol. The first-order valence-corrected chi connectivity index (χ1v) is 8.70. The van der Waals surface area contributed by atoms with Gasteiger partial charge in [-0.3, -0.25) is 4.79 Å². The fourth-order valence-corrected chi connectivity index (χ4v) is 3.25. The van der Waals surface area contributed by atoms with Crippen LogP contribution in [0.1, 0.15) is 42.5 Å². The maximum atomic E-state index is 12.9. The third-order valence-corrected chi connectivity index (χ3v) is 4.36. The lowest BCUT2D eigenvalue weighted by atomic mass is 10.1. The van der Waals surface area contributed by atoms with E-state index in [1.807, 2.05) is 4.90 Å². The maximum Gasteiger partial charge on any atom is 0.254 e. The topological polar surface area (TPSA) is 64.8 Å². The van der Waals surface area contributed by atoms with Crippen LogP contribution in [0.3, 0.4) is 0 Å². The van der Waals surface area contributed by atoms with Crippen LogP contribution < -0.4 is 10.6 Å². The summed E-state index contributed by atoms with van der Waals surface area (Å²) in [7, 11) is 0. The highest BCUT2D eigenvalue weighted by Crippen LogP contribution is 2.27. The lowest BCUT2D eigenvalue weighted by molar-refractivity contribution is 0.0706. The number of carbonyl (C=O) groups is 1. The zero-order chi connectivity index (χ0) is 17.4. The van der Waals surface area contributed by atoms with Gasteiger partial charge in [0.2, 0.25) is 0 Å². The molecule has 0 atom stereocenters. The van der Waals surface area contributed by atoms with Gasteiger partial charge >= 0.3 is 0 Å². The molecule has 6 heteroatoms. The van der Waals surface area contributed by atoms with Crippen molar-refractivity contribution in [3.05, 3.63) is 41.4 Å². The minimum Gasteiger partial charge on any atom is -0.493 e. The van der Waals surface area contributed by atoms with Crippen molar-refractivity contribution in [3.63, 3.8) is 0 Å². The SMILES string of the molecule is C=CCN(C(=O)c1cc(Cl)cc(OCCCON)c1)C1CCCC1. The van der Waals surface area contributed by atoms with Gasteiger partial charge in [-0.05, 0) is 31.0 Å². The minimum atomic E-state index is -0.0283. The van der Waals surface area contributed by atoms with E-state index >= 15 is 0 Å². The van der Waals surface area contributed by atoms with Crippen LogP contribution in [0.25, 0.3) is 0 Å². The molecule has 0 unspecified atom stereocenters. The van der Waals surface area contributed by atoms with Crippen LogP contribution in [0.5, 0.6) is 5.75 Å². The molecule has 0 radical (unpaired) electrons. The summed E-state index contributed by atoms with van der Waals surface area (Å²) in [4.78, 5) is 19.3. The fourth-order valence-electron chi connectivity index (χ4n) is 3.02. The van der Waals surface area contributed by atoms with Crippen molar-refractivity contribution in [1.82, 2.24) is 4.90 Å². The molecule has 0 spiro atoms. The molecule has 1 fully saturated rings. The van der Waals surface area contributed by atoms with Crippen molar-refractivity contribution in [2.24, 2.45) is 5.90 Å². The van der Waals surface area contributed by atoms with Crippen molar-refractivity contribution < 1.29 is 14.4 Å². The largest absolute Gasteiger partial charge is 0.493 e. The molecule has 24 heavy (non-hydrogen) atoms. The van der Waals surface area contributed by atoms with Crippen molar-refractivity contribution in [2.45, 2.75) is 38.1 Å². The normalized spacial score (nSPS) is 14.6. The Labute approximate surface area is 148 Å². The van der Waals surface area contributed by atoms with E-state index in [-0.39, 0.29) is 11.9 Å². The van der Waals surface area contributed by atoms with Gasteiger partial charge in [0, 0.05) is 29.6 Å². The number of ether oxygens (including phenoxy) is 1. The lowest BCUT2D eigenvalue weighted by Gasteiger charge is -2.28. The number of amides is 1. The summed E-state index contributed by atoms with van der Waals surface area (Å²) >= 11 is 6.16. The molecule has 0 aliphatic heterocycles. The molecule has 1 saturated carbocycles. The van der Waals surface area contributed by atoms with E-state index in [1.165, 1.54) is 12.8 Å². The summed E-state index contributed by atoms with van der Waals surface area (Å²) in [5.41, 5.74) is 0.543. The minimum absolute atomic E-state index is 0.0283. The molecule has 1 aromatic carbocycles. The van der Waals surface area contributed by atoms with Crippen LogP contribution >= 0.6 is 11.6 Å². The molecule has 0 heterocycles. The Morgan fingerprint density at radius 2 is 2.08 bits per heavy atom. The van der Waals surface area contributed by atoms with Crippen molar-refractivity contribution in [3.8, 4) is 5.75 Å². The number of rotatable bonds is 9. The zero-order valence-electron chi connectivity index (χ0n) is 13.9. The number of nitrogens with two attached hydrogens (primary N) is 1. The van der Waals surface area contributed by atoms with E-state index in [0.717, 1.165) is 12.8 Å². The Bertz CT molecular complexity index is 559. The van der Waals surface area contributed by atoms with Gasteiger partial charge in [0.05, 0.1) is 13.2 Å². The highest BCUT2D eigenvalue weighted by atomic mass is 35.5. The molecule has 0 aromatic heterocycles. The number of carbonyl (C=O) groups excluding carboxylic acids is 1. The lowest BCUT2D eigenvalue weighted by Crippen LogP contribution is -2.38. The average molecular weight is 353 g/mol. The van der Waals surface area contributed by atoms with Crippen LogP contribution in [-0.2, 0) is 4.84 Å². The molecule has 132 valence electrons. The first-order chi connectivity index (χ1) is 11.7. The van der Waals surface area contributed by atoms with Gasteiger partial charge in [0.1, 0.15) is 5.75 Å². The summed E-state index contributed by atoms with van der Waals surface area (Å²) in [6, 6.07) is 5.41. The summed E-state index contributed by atoms with van der Waals surface area (Å²) in [5, 5.41) is 0.482. The average Bonchev–Trinajstić information content (AvgIpc) is 3.10. The number of benzene rings is 1. The van der Waals surface area contributed by atoms with Gasteiger partial charge in [-0.15, -0.1) is 6.58 Å². The quantitative estimate of drug-likeness (QED) is 0.419. The van der Waals surface area contributed by atoms with Gasteiger partial charge in [-0.25, -0.2) is 5.90 Å². The summed E-state index contributed by atoms with van der Waals surface area (Å²) < 4.78 is 5.63. The first-order valence-electron chi connectivity index (χ1n) is 8.32. The Hall–Kier alpha value is -1.56. The zero-order valence-corrected chi connectivity index (χ0v) is 14.6. The molecule has 2 N–H and O–H groups in total. The highest BCUT2D eigenvalue weighted by molar-refractivity contribution is 6.31. The summed E-state index contributed by atoms with van der Waals surface area (Å²) in [6.45, 7) is 5.18. The second-order valence-corrected chi connectivity index (χ2v) is 6.37. The predicted octanol–water partition coefficient (Wildman–Crippen LogP) is 3.57. The van der Waals surface area contributed by atoms with Crippen LogP contribution in [0.15, 0.2) is 30.9 Å². The van der Waals surface area contributed by atoms with Crippen molar-refractivity contribution >= 4 is 17.5 Å². The molecule has 0 saturated heterocycles. The van der Waals surface area contributed by atoms with Gasteiger partial charge in [0.25, 0.3) is 5.91 Å². The molecule has 2 rings (SSSR count). The highest BCUT2D eigenvalue weighted by Gasteiger charge is 2.27. The van der Waals surface area contributed by atoms with Crippen molar-refractivity contribution in [2.75, 3.05) is 19.8 Å². The van der Waals surface area contributed by atoms with E-state index in [0.29, 0.717) is 42.5 Å². The number of halogens is 1. The van der Waals surface area contributed by atoms with E-state index in [4.69, 9.17) is 22.2 Å². The van der Waals surface area contributed by atoms with Crippen LogP contribution in [-0.4, -0.2) is 36.6 Å². The van der Waals surface area contributed by atoms with Crippen molar-refractivity contribution in [1.29, 1.82) is 0 Å². The smallest absolute Gasteiger partial charge is 0.254 e. The second kappa shape index (κ2) is 9.67. The summed E-state index contributed by atoms with van der Waals surface area (Å²) in [5.74, 6) is 5.53. The molecule has 1 amide bonds. The third kappa shape index (κ3) is 5.23. The van der Waals surface area contributed by atoms with Crippen LogP contribution in [0.2, 0.25) is 5.02 Å². The Morgan fingerprint density at radius 1 is 1.33 bits per heavy atom. The number of hydrogen-bond acceptors (Lipinski definition) is 4. The summed E-state index contributed by atoms with van der Waals surface area (Å²) in [6.07, 6.45) is 6.85. The van der Waals surface area contributed by atoms with Gasteiger partial charge in [0.15, 0.2) is 0 Å². The van der Waals surface area contributed by atoms with Gasteiger partial charge in [-0.2, -0.15) is 0 Å². The van der Waals surface area contributed by atoms with E-state index in [2.05, 4.69) is 11.4 Å².